The van der Waals surface area contributed by atoms with Crippen molar-refractivity contribution in [2.75, 3.05) is 33.4 Å². The number of pyridine rings is 1. The molecule has 1 fully saturated rings. The number of amides is 1. The van der Waals surface area contributed by atoms with E-state index in [1.54, 1.807) is 18.1 Å². The molecule has 5 rings (SSSR count). The fourth-order valence-electron chi connectivity index (χ4n) is 6.12. The number of carbonyl (C=O) groups is 1. The van der Waals surface area contributed by atoms with Gasteiger partial charge in [0.05, 0.1) is 12.6 Å². The first-order valence-corrected chi connectivity index (χ1v) is 13.9. The minimum Gasteiger partial charge on any atom is -0.496 e. The van der Waals surface area contributed by atoms with E-state index in [0.29, 0.717) is 44.3 Å². The van der Waals surface area contributed by atoms with Gasteiger partial charge in [0.15, 0.2) is 11.5 Å². The summed E-state index contributed by atoms with van der Waals surface area (Å²) in [5.41, 5.74) is 1.62. The zero-order chi connectivity index (χ0) is 28.4. The Morgan fingerprint density at radius 1 is 1.07 bits per heavy atom. The Morgan fingerprint density at radius 2 is 1.85 bits per heavy atom. The number of hydrogen-bond acceptors (Lipinski definition) is 6. The third kappa shape index (κ3) is 5.75. The van der Waals surface area contributed by atoms with Gasteiger partial charge in [0, 0.05) is 49.7 Å². The molecule has 0 aliphatic carbocycles. The molecule has 0 bridgehead atoms. The van der Waals surface area contributed by atoms with E-state index in [2.05, 4.69) is 25.7 Å². The average Bonchev–Trinajstić information content (AvgIpc) is 2.94. The number of aromatic nitrogens is 1. The van der Waals surface area contributed by atoms with Gasteiger partial charge in [-0.1, -0.05) is 32.9 Å². The van der Waals surface area contributed by atoms with Gasteiger partial charge in [-0.15, -0.1) is 0 Å². The molecular formula is C31H39N3O6. The zero-order valence-corrected chi connectivity index (χ0v) is 23.8. The Hall–Kier alpha value is -3.72. The molecule has 9 nitrogen and oxygen atoms in total. The summed E-state index contributed by atoms with van der Waals surface area (Å²) in [6.45, 7) is 9.89. The molecule has 0 spiro atoms. The summed E-state index contributed by atoms with van der Waals surface area (Å²) in [6.07, 6.45) is 0.526. The summed E-state index contributed by atoms with van der Waals surface area (Å²) < 4.78 is 18.7. The summed E-state index contributed by atoms with van der Waals surface area (Å²) in [5.74, 6) is 2.10. The number of ether oxygens (including phenoxy) is 3. The van der Waals surface area contributed by atoms with Crippen LogP contribution in [0.5, 0.6) is 17.2 Å². The lowest BCUT2D eigenvalue weighted by Gasteiger charge is -2.48. The van der Waals surface area contributed by atoms with Crippen LogP contribution in [0, 0.1) is 5.41 Å². The van der Waals surface area contributed by atoms with Gasteiger partial charge >= 0.3 is 6.09 Å². The monoisotopic (exact) mass is 549 g/mol. The standard InChI is InChI=1S/C31H39N3O6/c1-31(2,3)28-19-22(34(30(36)37)20-21-8-10-26-27(18-21)40-17-16-39-26)12-13-32(28)14-15-33-24-6-5-7-25(38-4)23(24)9-11-29(33)35/h5-11,18,22,28H,12-17,19-20H2,1-4H3,(H,36,37). The summed E-state index contributed by atoms with van der Waals surface area (Å²) >= 11 is 0. The first-order chi connectivity index (χ1) is 19.2. The molecule has 0 radical (unpaired) electrons. The van der Waals surface area contributed by atoms with Crippen molar-refractivity contribution < 1.29 is 24.1 Å². The number of rotatable bonds is 7. The third-order valence-corrected chi connectivity index (χ3v) is 8.15. The Kier molecular flexibility index (Phi) is 7.94. The molecule has 2 atom stereocenters. The summed E-state index contributed by atoms with van der Waals surface area (Å²) in [5, 5.41) is 11.1. The van der Waals surface area contributed by atoms with Crippen LogP contribution in [0.25, 0.3) is 10.9 Å². The largest absolute Gasteiger partial charge is 0.496 e. The van der Waals surface area contributed by atoms with Crippen LogP contribution in [0.2, 0.25) is 0 Å². The minimum atomic E-state index is -0.919. The van der Waals surface area contributed by atoms with Crippen molar-refractivity contribution >= 4 is 17.0 Å². The Morgan fingerprint density at radius 3 is 2.58 bits per heavy atom. The Bertz CT molecular complexity index is 1430. The highest BCUT2D eigenvalue weighted by Gasteiger charge is 2.39. The molecule has 9 heteroatoms. The molecule has 3 heterocycles. The molecule has 2 aliphatic rings. The maximum Gasteiger partial charge on any atom is 0.407 e. The average molecular weight is 550 g/mol. The number of hydrogen-bond donors (Lipinski definition) is 1. The van der Waals surface area contributed by atoms with Crippen molar-refractivity contribution in [3.05, 3.63) is 64.4 Å². The van der Waals surface area contributed by atoms with Gasteiger partial charge in [-0.2, -0.15) is 0 Å². The summed E-state index contributed by atoms with van der Waals surface area (Å²) in [7, 11) is 1.64. The highest BCUT2D eigenvalue weighted by atomic mass is 16.6. The van der Waals surface area contributed by atoms with Gasteiger partial charge in [-0.25, -0.2) is 4.79 Å². The SMILES string of the molecule is COc1cccc2c1ccc(=O)n2CCN1CCC(N(Cc2ccc3c(c2)OCCO3)C(=O)O)CC1C(C)(C)C. The van der Waals surface area contributed by atoms with Crippen LogP contribution in [0.1, 0.15) is 39.2 Å². The molecule has 214 valence electrons. The second-order valence-corrected chi connectivity index (χ2v) is 11.7. The van der Waals surface area contributed by atoms with Crippen LogP contribution in [-0.2, 0) is 13.1 Å². The van der Waals surface area contributed by atoms with Crippen LogP contribution >= 0.6 is 0 Å². The van der Waals surface area contributed by atoms with E-state index < -0.39 is 6.09 Å². The maximum atomic E-state index is 12.9. The zero-order valence-electron chi connectivity index (χ0n) is 23.8. The van der Waals surface area contributed by atoms with E-state index in [9.17, 15) is 14.7 Å². The van der Waals surface area contributed by atoms with Gasteiger partial charge < -0.3 is 28.8 Å². The van der Waals surface area contributed by atoms with E-state index in [1.807, 2.05) is 47.0 Å². The fraction of sp³-hybridized carbons (Fsp3) is 0.484. The van der Waals surface area contributed by atoms with E-state index in [0.717, 1.165) is 41.6 Å². The van der Waals surface area contributed by atoms with Crippen molar-refractivity contribution in [3.63, 3.8) is 0 Å². The lowest BCUT2D eigenvalue weighted by molar-refractivity contribution is 0.0131. The van der Waals surface area contributed by atoms with Gasteiger partial charge in [-0.05, 0) is 54.2 Å². The smallest absolute Gasteiger partial charge is 0.407 e. The third-order valence-electron chi connectivity index (χ3n) is 8.15. The van der Waals surface area contributed by atoms with E-state index in [1.165, 1.54) is 0 Å². The molecular weight excluding hydrogens is 510 g/mol. The highest BCUT2D eigenvalue weighted by molar-refractivity contribution is 5.85. The van der Waals surface area contributed by atoms with Crippen LogP contribution in [0.15, 0.2) is 53.3 Å². The molecule has 1 N–H and O–H groups in total. The molecule has 1 aromatic heterocycles. The first kappa shape index (κ1) is 27.8. The number of likely N-dealkylation sites (tertiary alicyclic amines) is 1. The van der Waals surface area contributed by atoms with Crippen molar-refractivity contribution in [2.24, 2.45) is 5.41 Å². The van der Waals surface area contributed by atoms with Gasteiger partial charge in [0.1, 0.15) is 19.0 Å². The topological polar surface area (TPSA) is 93.5 Å². The molecule has 1 saturated heterocycles. The van der Waals surface area contributed by atoms with Crippen LogP contribution < -0.4 is 19.8 Å². The normalized spacial score (nSPS) is 19.4. The summed E-state index contributed by atoms with van der Waals surface area (Å²) in [4.78, 5) is 29.3. The molecule has 2 unspecified atom stereocenters. The van der Waals surface area contributed by atoms with Crippen LogP contribution in [0.3, 0.4) is 0 Å². The van der Waals surface area contributed by atoms with Crippen molar-refractivity contribution in [2.45, 2.75) is 58.8 Å². The van der Waals surface area contributed by atoms with E-state index in [-0.39, 0.29) is 23.1 Å². The number of carboxylic acid groups (broad SMARTS) is 1. The Labute approximate surface area is 234 Å². The first-order valence-electron chi connectivity index (χ1n) is 13.9. The number of benzene rings is 2. The number of fused-ring (bicyclic) bond motifs is 2. The van der Waals surface area contributed by atoms with Crippen molar-refractivity contribution in [1.82, 2.24) is 14.4 Å². The molecule has 1 amide bonds. The molecule has 3 aromatic rings. The Balaban J connectivity index is 1.33. The van der Waals surface area contributed by atoms with E-state index >= 15 is 0 Å². The number of nitrogens with zero attached hydrogens (tertiary/aromatic N) is 3. The predicted molar refractivity (Wildman–Crippen MR) is 154 cm³/mol. The van der Waals surface area contributed by atoms with Crippen LogP contribution in [0.4, 0.5) is 4.79 Å². The second kappa shape index (κ2) is 11.4. The predicted octanol–water partition coefficient (Wildman–Crippen LogP) is 4.84. The highest BCUT2D eigenvalue weighted by Crippen LogP contribution is 2.36. The van der Waals surface area contributed by atoms with Gasteiger partial charge in [0.2, 0.25) is 0 Å². The van der Waals surface area contributed by atoms with Crippen molar-refractivity contribution in [1.29, 1.82) is 0 Å². The van der Waals surface area contributed by atoms with Crippen molar-refractivity contribution in [3.8, 4) is 17.2 Å². The lowest BCUT2D eigenvalue weighted by Crippen LogP contribution is -2.55. The summed E-state index contributed by atoms with van der Waals surface area (Å²) in [6, 6.07) is 14.9. The maximum absolute atomic E-state index is 12.9. The van der Waals surface area contributed by atoms with Gasteiger partial charge in [-0.3, -0.25) is 9.69 Å². The molecule has 0 saturated carbocycles. The molecule has 2 aromatic carbocycles. The quantitative estimate of drug-likeness (QED) is 0.451. The number of piperidine rings is 1. The minimum absolute atomic E-state index is 0.0422. The fourth-order valence-corrected chi connectivity index (χ4v) is 6.12. The van der Waals surface area contributed by atoms with Gasteiger partial charge in [0.25, 0.3) is 5.56 Å². The number of methoxy groups -OCH3 is 1. The molecule has 2 aliphatic heterocycles. The lowest BCUT2D eigenvalue weighted by atomic mass is 9.78. The molecule has 40 heavy (non-hydrogen) atoms. The second-order valence-electron chi connectivity index (χ2n) is 11.7. The van der Waals surface area contributed by atoms with Crippen LogP contribution in [-0.4, -0.2) is 71.1 Å². The van der Waals surface area contributed by atoms with E-state index in [4.69, 9.17) is 14.2 Å².